The van der Waals surface area contributed by atoms with Gasteiger partial charge in [0.2, 0.25) is 0 Å². The van der Waals surface area contributed by atoms with Gasteiger partial charge in [0.05, 0.1) is 27.9 Å². The molecule has 2 heterocycles. The molecule has 1 aliphatic heterocycles. The molecule has 2 aromatic carbocycles. The first-order chi connectivity index (χ1) is 20.2. The maximum Gasteiger partial charge on any atom is 0.252 e. The van der Waals surface area contributed by atoms with Crippen molar-refractivity contribution in [3.63, 3.8) is 0 Å². The van der Waals surface area contributed by atoms with Crippen molar-refractivity contribution in [2.45, 2.75) is 68.9 Å². The maximum atomic E-state index is 13.5. The fourth-order valence-electron chi connectivity index (χ4n) is 5.83. The Labute approximate surface area is 241 Å². The van der Waals surface area contributed by atoms with Crippen LogP contribution in [0.25, 0.3) is 22.3 Å². The molecule has 226 valence electrons. The number of nitrogens with one attached hydrogen (secondary N) is 1. The van der Waals surface area contributed by atoms with Crippen molar-refractivity contribution in [1.29, 1.82) is 0 Å². The third-order valence-corrected chi connectivity index (χ3v) is 8.00. The molecule has 5 N–H and O–H groups in total. The first kappa shape index (κ1) is 29.8. The monoisotopic (exact) mass is 585 g/mol. The number of carbonyl (C=O) groups excluding carboxylic acids is 1. The zero-order valence-electron chi connectivity index (χ0n) is 23.5. The van der Waals surface area contributed by atoms with E-state index in [1.165, 1.54) is 33.5 Å². The zero-order valence-corrected chi connectivity index (χ0v) is 23.5. The van der Waals surface area contributed by atoms with Crippen molar-refractivity contribution < 1.29 is 48.6 Å². The highest BCUT2D eigenvalue weighted by Crippen LogP contribution is 2.43. The van der Waals surface area contributed by atoms with Crippen molar-refractivity contribution in [2.24, 2.45) is 0 Å². The molecule has 2 fully saturated rings. The molecular weight excluding hydrogens is 550 g/mol. The molecule has 0 spiro atoms. The number of ether oxygens (including phenoxy) is 4. The Morgan fingerprint density at radius 3 is 2.31 bits per heavy atom. The molecule has 1 saturated heterocycles. The highest BCUT2D eigenvalue weighted by Gasteiger charge is 2.49. The molecule has 5 rings (SSSR count). The fraction of sp³-hybridized carbons (Fsp3) is 0.467. The Hall–Kier alpha value is -3.68. The number of carbonyl (C=O) groups is 1. The SMILES string of the molecule is COc1ccc(-c2cc(=O)c3c(OC)c(C4OC(C(=O)NC5CCCC5)C(O)C(O)C4O)c(CO)cc3o2)cc1OC. The van der Waals surface area contributed by atoms with E-state index >= 15 is 0 Å². The number of fused-ring (bicyclic) bond motifs is 1. The van der Waals surface area contributed by atoms with Crippen LogP contribution in [-0.4, -0.2) is 78.1 Å². The number of amides is 1. The van der Waals surface area contributed by atoms with E-state index in [4.69, 9.17) is 23.4 Å². The molecule has 1 aliphatic carbocycles. The minimum absolute atomic E-state index is 0.00250. The molecule has 12 nitrogen and oxygen atoms in total. The van der Waals surface area contributed by atoms with Crippen LogP contribution in [0.15, 0.2) is 39.5 Å². The van der Waals surface area contributed by atoms with Crippen LogP contribution in [-0.2, 0) is 16.1 Å². The quantitative estimate of drug-likeness (QED) is 0.259. The van der Waals surface area contributed by atoms with Gasteiger partial charge in [0.15, 0.2) is 23.0 Å². The largest absolute Gasteiger partial charge is 0.495 e. The Bertz CT molecular complexity index is 1510. The maximum absolute atomic E-state index is 13.5. The summed E-state index contributed by atoms with van der Waals surface area (Å²) in [6.45, 7) is -0.587. The number of aliphatic hydroxyl groups is 4. The molecule has 0 radical (unpaired) electrons. The molecule has 3 aromatic rings. The summed E-state index contributed by atoms with van der Waals surface area (Å²) in [5.41, 5.74) is 0.327. The lowest BCUT2D eigenvalue weighted by Crippen LogP contribution is -2.59. The second-order valence-corrected chi connectivity index (χ2v) is 10.5. The van der Waals surface area contributed by atoms with Crippen molar-refractivity contribution in [2.75, 3.05) is 21.3 Å². The topological polar surface area (TPSA) is 177 Å². The molecule has 5 unspecified atom stereocenters. The Morgan fingerprint density at radius 2 is 1.67 bits per heavy atom. The zero-order chi connectivity index (χ0) is 30.1. The molecule has 2 aliphatic rings. The summed E-state index contributed by atoms with van der Waals surface area (Å²) in [7, 11) is 4.29. The van der Waals surface area contributed by atoms with Crippen LogP contribution in [0.4, 0.5) is 0 Å². The Kier molecular flexibility index (Phi) is 8.71. The predicted molar refractivity (Wildman–Crippen MR) is 150 cm³/mol. The van der Waals surface area contributed by atoms with E-state index in [1.807, 2.05) is 0 Å². The number of benzene rings is 2. The minimum Gasteiger partial charge on any atom is -0.495 e. The molecule has 12 heteroatoms. The third kappa shape index (κ3) is 5.32. The Morgan fingerprint density at radius 1 is 0.952 bits per heavy atom. The van der Waals surface area contributed by atoms with Gasteiger partial charge in [-0.2, -0.15) is 0 Å². The lowest BCUT2D eigenvalue weighted by molar-refractivity contribution is -0.223. The van der Waals surface area contributed by atoms with Gasteiger partial charge in [-0.05, 0) is 42.7 Å². The van der Waals surface area contributed by atoms with E-state index in [2.05, 4.69) is 5.32 Å². The van der Waals surface area contributed by atoms with E-state index < -0.39 is 48.5 Å². The second-order valence-electron chi connectivity index (χ2n) is 10.5. The van der Waals surface area contributed by atoms with Crippen molar-refractivity contribution in [1.82, 2.24) is 5.32 Å². The molecule has 1 aromatic heterocycles. The van der Waals surface area contributed by atoms with Crippen molar-refractivity contribution in [3.8, 4) is 28.6 Å². The summed E-state index contributed by atoms with van der Waals surface area (Å²) in [4.78, 5) is 26.6. The Balaban J connectivity index is 1.59. The highest BCUT2D eigenvalue weighted by atomic mass is 16.5. The number of aliphatic hydroxyl groups excluding tert-OH is 4. The molecular formula is C30H35NO11. The van der Waals surface area contributed by atoms with Gasteiger partial charge in [0.25, 0.3) is 5.91 Å². The van der Waals surface area contributed by atoms with Gasteiger partial charge >= 0.3 is 0 Å². The van der Waals surface area contributed by atoms with Gasteiger partial charge in [0, 0.05) is 23.2 Å². The fourth-order valence-corrected chi connectivity index (χ4v) is 5.83. The minimum atomic E-state index is -1.76. The average Bonchev–Trinajstić information content (AvgIpc) is 3.51. The van der Waals surface area contributed by atoms with Gasteiger partial charge in [-0.1, -0.05) is 12.8 Å². The normalized spacial score (nSPS) is 24.5. The van der Waals surface area contributed by atoms with Crippen molar-refractivity contribution in [3.05, 3.63) is 51.7 Å². The number of hydrogen-bond acceptors (Lipinski definition) is 11. The van der Waals surface area contributed by atoms with Crippen LogP contribution in [0.3, 0.4) is 0 Å². The van der Waals surface area contributed by atoms with E-state index in [0.29, 0.717) is 17.1 Å². The van der Waals surface area contributed by atoms with Crippen LogP contribution >= 0.6 is 0 Å². The van der Waals surface area contributed by atoms with Crippen LogP contribution in [0, 0.1) is 0 Å². The molecule has 42 heavy (non-hydrogen) atoms. The van der Waals surface area contributed by atoms with Gasteiger partial charge in [-0.15, -0.1) is 0 Å². The summed E-state index contributed by atoms with van der Waals surface area (Å²) >= 11 is 0. The lowest BCUT2D eigenvalue weighted by atomic mass is 9.87. The second kappa shape index (κ2) is 12.3. The van der Waals surface area contributed by atoms with Gasteiger partial charge < -0.3 is 49.1 Å². The first-order valence-electron chi connectivity index (χ1n) is 13.7. The number of hydrogen-bond donors (Lipinski definition) is 5. The third-order valence-electron chi connectivity index (χ3n) is 8.00. The summed E-state index contributed by atoms with van der Waals surface area (Å²) < 4.78 is 28.3. The highest BCUT2D eigenvalue weighted by molar-refractivity contribution is 5.88. The van der Waals surface area contributed by atoms with E-state index in [1.54, 1.807) is 18.2 Å². The van der Waals surface area contributed by atoms with E-state index in [-0.39, 0.29) is 39.6 Å². The van der Waals surface area contributed by atoms with Crippen LogP contribution < -0.4 is 25.0 Å². The van der Waals surface area contributed by atoms with Gasteiger partial charge in [-0.25, -0.2) is 0 Å². The van der Waals surface area contributed by atoms with Gasteiger partial charge in [0.1, 0.15) is 46.9 Å². The summed E-state index contributed by atoms with van der Waals surface area (Å²) in [6, 6.07) is 7.62. The summed E-state index contributed by atoms with van der Waals surface area (Å²) in [5.74, 6) is 0.439. The summed E-state index contributed by atoms with van der Waals surface area (Å²) in [6.07, 6.45) is -4.64. The van der Waals surface area contributed by atoms with E-state index in [0.717, 1.165) is 25.7 Å². The summed E-state index contributed by atoms with van der Waals surface area (Å²) in [5, 5.41) is 45.5. The van der Waals surface area contributed by atoms with E-state index in [9.17, 15) is 30.0 Å². The molecule has 1 saturated carbocycles. The molecule has 5 atom stereocenters. The van der Waals surface area contributed by atoms with Crippen LogP contribution in [0.2, 0.25) is 0 Å². The predicted octanol–water partition coefficient (Wildman–Crippen LogP) is 1.56. The van der Waals surface area contributed by atoms with Crippen LogP contribution in [0.5, 0.6) is 17.2 Å². The van der Waals surface area contributed by atoms with Crippen LogP contribution in [0.1, 0.15) is 42.9 Å². The molecule has 0 bridgehead atoms. The first-order valence-corrected chi connectivity index (χ1v) is 13.7. The smallest absolute Gasteiger partial charge is 0.252 e. The van der Waals surface area contributed by atoms with Gasteiger partial charge in [-0.3, -0.25) is 9.59 Å². The van der Waals surface area contributed by atoms with Crippen molar-refractivity contribution >= 4 is 16.9 Å². The standard InChI is InChI=1S/C30H35NO11/c1-38-18-9-8-14(10-20(18)39-2)19-12-17(33)23-21(41-19)11-15(13-32)22(27(23)40-3)28-25(35)24(34)26(36)29(42-28)30(37)31-16-6-4-5-7-16/h8-12,16,24-26,28-29,32,34-36H,4-7,13H2,1-3H3,(H,31,37). The lowest BCUT2D eigenvalue weighted by Gasteiger charge is -2.41. The average molecular weight is 586 g/mol. The molecule has 1 amide bonds. The number of rotatable bonds is 8. The number of methoxy groups -OCH3 is 3.